The summed E-state index contributed by atoms with van der Waals surface area (Å²) in [5.74, 6) is 0. The minimum Gasteiger partial charge on any atom is -0.445 e. The van der Waals surface area contributed by atoms with Gasteiger partial charge in [0.15, 0.2) is 0 Å². The van der Waals surface area contributed by atoms with Crippen LogP contribution in [0.2, 0.25) is 0 Å². The zero-order chi connectivity index (χ0) is 38.4. The second-order valence-corrected chi connectivity index (χ2v) is 13.5. The van der Waals surface area contributed by atoms with Crippen molar-refractivity contribution in [1.29, 1.82) is 0 Å². The molecule has 2 atom stereocenters. The first-order chi connectivity index (χ1) is 27.5. The number of nitrogens with one attached hydrogen (secondary N) is 2. The number of imidazole rings is 2. The van der Waals surface area contributed by atoms with Gasteiger partial charge in [-0.25, -0.2) is 19.6 Å². The zero-order valence-electron chi connectivity index (χ0n) is 30.9. The minimum atomic E-state index is -0.508. The summed E-state index contributed by atoms with van der Waals surface area (Å²) < 4.78 is 15.0. The van der Waals surface area contributed by atoms with Gasteiger partial charge in [0.2, 0.25) is 0 Å². The summed E-state index contributed by atoms with van der Waals surface area (Å²) >= 11 is 0. The predicted octanol–water partition coefficient (Wildman–Crippen LogP) is 7.99. The van der Waals surface area contributed by atoms with E-state index < -0.39 is 24.3 Å². The maximum absolute atomic E-state index is 12.9. The highest BCUT2D eigenvalue weighted by Crippen LogP contribution is 2.20. The summed E-state index contributed by atoms with van der Waals surface area (Å²) in [7, 11) is 0. The Kier molecular flexibility index (Phi) is 12.6. The number of rotatable bonds is 16. The second-order valence-electron chi connectivity index (χ2n) is 13.5. The molecule has 0 aliphatic heterocycles. The molecule has 3 heterocycles. The smallest absolute Gasteiger partial charge is 0.408 e. The number of ether oxygens (including phenoxy) is 2. The van der Waals surface area contributed by atoms with E-state index in [2.05, 4.69) is 20.6 Å². The van der Waals surface area contributed by atoms with Gasteiger partial charge in [-0.2, -0.15) is 0 Å². The molecule has 0 radical (unpaired) electrons. The molecule has 7 aromatic rings. The molecule has 2 N–H and O–H groups in total. The van der Waals surface area contributed by atoms with Crippen molar-refractivity contribution in [2.75, 3.05) is 0 Å². The highest BCUT2D eigenvalue weighted by Gasteiger charge is 2.21. The molecule has 4 aromatic carbocycles. The Labute approximate surface area is 326 Å². The molecule has 3 aromatic heterocycles. The van der Waals surface area contributed by atoms with E-state index in [4.69, 9.17) is 14.5 Å². The molecule has 0 saturated carbocycles. The molecule has 0 fully saturated rings. The van der Waals surface area contributed by atoms with Crippen molar-refractivity contribution in [2.45, 2.75) is 51.2 Å². The van der Waals surface area contributed by atoms with Gasteiger partial charge in [-0.05, 0) is 47.2 Å². The van der Waals surface area contributed by atoms with Crippen LogP contribution in [0.1, 0.15) is 57.1 Å². The maximum atomic E-state index is 12.9. The Balaban J connectivity index is 0.996. The van der Waals surface area contributed by atoms with E-state index in [1.165, 1.54) is 0 Å². The molecule has 282 valence electrons. The summed E-state index contributed by atoms with van der Waals surface area (Å²) in [6, 6.07) is 44.3. The third-order valence-corrected chi connectivity index (χ3v) is 9.15. The van der Waals surface area contributed by atoms with Gasteiger partial charge in [0, 0.05) is 12.4 Å². The average molecular weight is 746 g/mol. The van der Waals surface area contributed by atoms with Crippen molar-refractivity contribution in [2.24, 2.45) is 0 Å². The van der Waals surface area contributed by atoms with Crippen LogP contribution in [-0.2, 0) is 48.6 Å². The van der Waals surface area contributed by atoms with Gasteiger partial charge in [-0.3, -0.25) is 4.98 Å². The summed E-state index contributed by atoms with van der Waals surface area (Å²) in [5, 5.41) is 6.04. The van der Waals surface area contributed by atoms with Gasteiger partial charge in [0.05, 0.1) is 60.6 Å². The van der Waals surface area contributed by atoms with Crippen LogP contribution in [0.4, 0.5) is 9.59 Å². The van der Waals surface area contributed by atoms with Crippen LogP contribution in [0.3, 0.4) is 0 Å². The van der Waals surface area contributed by atoms with Crippen molar-refractivity contribution >= 4 is 12.2 Å². The first-order valence-electron chi connectivity index (χ1n) is 18.5. The topological polar surface area (TPSA) is 125 Å². The number of carbonyl (C=O) groups excluding carboxylic acids is 2. The standard InChI is InChI=1S/C45H43N7O4/c53-44(55-30-36-18-9-3-10-19-36)49-40(24-34-14-5-1-6-15-34)42-28-51(32-46-42)26-38-22-13-23-39(48-38)27-52-29-43(47-33-52)41(25-35-16-7-2-8-17-35)50-45(54)56-31-37-20-11-4-12-21-37/h1-23,28-29,32-33,40-41H,24-27,30-31H2,(H,49,53)(H,50,54)/t40-,41-/m0/s1. The molecule has 0 unspecified atom stereocenters. The predicted molar refractivity (Wildman–Crippen MR) is 212 cm³/mol. The number of alkyl carbamates (subject to hydrolysis) is 2. The van der Waals surface area contributed by atoms with Crippen LogP contribution in [0.5, 0.6) is 0 Å². The lowest BCUT2D eigenvalue weighted by atomic mass is 10.0. The lowest BCUT2D eigenvalue weighted by molar-refractivity contribution is 0.134. The van der Waals surface area contributed by atoms with E-state index in [-0.39, 0.29) is 13.2 Å². The fourth-order valence-corrected chi connectivity index (χ4v) is 6.34. The van der Waals surface area contributed by atoms with Crippen molar-refractivity contribution < 1.29 is 19.1 Å². The number of aromatic nitrogens is 5. The lowest BCUT2D eigenvalue weighted by Crippen LogP contribution is -2.30. The molecule has 0 bridgehead atoms. The highest BCUT2D eigenvalue weighted by atomic mass is 16.6. The molecule has 2 amide bonds. The van der Waals surface area contributed by atoms with E-state index in [9.17, 15) is 9.59 Å². The second kappa shape index (κ2) is 18.8. The van der Waals surface area contributed by atoms with E-state index in [1.54, 1.807) is 12.7 Å². The van der Waals surface area contributed by atoms with E-state index >= 15 is 0 Å². The number of pyridine rings is 1. The average Bonchev–Trinajstić information content (AvgIpc) is 3.91. The molecule has 0 aliphatic carbocycles. The van der Waals surface area contributed by atoms with E-state index in [0.717, 1.165) is 45.0 Å². The monoisotopic (exact) mass is 745 g/mol. The first kappa shape index (κ1) is 37.3. The Morgan fingerprint density at radius 1 is 0.500 bits per heavy atom. The molecule has 0 spiro atoms. The molecule has 7 rings (SSSR count). The number of hydrogen-bond acceptors (Lipinski definition) is 7. The van der Waals surface area contributed by atoms with Crippen molar-refractivity contribution in [3.05, 3.63) is 210 Å². The largest absolute Gasteiger partial charge is 0.445 e. The van der Waals surface area contributed by atoms with Crippen LogP contribution < -0.4 is 10.6 Å². The Hall–Kier alpha value is -7.01. The van der Waals surface area contributed by atoms with Gasteiger partial charge in [-0.1, -0.05) is 127 Å². The zero-order valence-corrected chi connectivity index (χ0v) is 30.9. The minimum absolute atomic E-state index is 0.177. The molecule has 56 heavy (non-hydrogen) atoms. The van der Waals surface area contributed by atoms with Gasteiger partial charge >= 0.3 is 12.2 Å². The van der Waals surface area contributed by atoms with Gasteiger partial charge < -0.3 is 29.2 Å². The number of benzene rings is 4. The Morgan fingerprint density at radius 3 is 1.27 bits per heavy atom. The number of amides is 2. The Bertz CT molecular complexity index is 2120. The maximum Gasteiger partial charge on any atom is 0.408 e. The van der Waals surface area contributed by atoms with Gasteiger partial charge in [0.25, 0.3) is 0 Å². The van der Waals surface area contributed by atoms with Crippen molar-refractivity contribution in [1.82, 2.24) is 34.7 Å². The van der Waals surface area contributed by atoms with Crippen LogP contribution in [-0.4, -0.2) is 36.3 Å². The fraction of sp³-hybridized carbons (Fsp3) is 0.178. The van der Waals surface area contributed by atoms with Crippen LogP contribution in [0.25, 0.3) is 0 Å². The normalized spacial score (nSPS) is 12.0. The highest BCUT2D eigenvalue weighted by molar-refractivity contribution is 5.68. The molecule has 11 heteroatoms. The summed E-state index contributed by atoms with van der Waals surface area (Å²) in [4.78, 5) is 40.1. The number of nitrogens with zero attached hydrogens (tertiary/aromatic N) is 5. The van der Waals surface area contributed by atoms with E-state index in [1.807, 2.05) is 161 Å². The van der Waals surface area contributed by atoms with E-state index in [0.29, 0.717) is 25.9 Å². The summed E-state index contributed by atoms with van der Waals surface area (Å²) in [5.41, 5.74) is 7.10. The summed E-state index contributed by atoms with van der Waals surface area (Å²) in [6.07, 6.45) is 7.47. The quantitative estimate of drug-likeness (QED) is 0.103. The third-order valence-electron chi connectivity index (χ3n) is 9.15. The fourth-order valence-electron chi connectivity index (χ4n) is 6.34. The van der Waals surface area contributed by atoms with Crippen molar-refractivity contribution in [3.63, 3.8) is 0 Å². The number of carbonyl (C=O) groups is 2. The molecule has 0 aliphatic rings. The van der Waals surface area contributed by atoms with Gasteiger partial charge in [-0.15, -0.1) is 0 Å². The van der Waals surface area contributed by atoms with Crippen molar-refractivity contribution in [3.8, 4) is 0 Å². The molecular weight excluding hydrogens is 703 g/mol. The van der Waals surface area contributed by atoms with Crippen LogP contribution >= 0.6 is 0 Å². The molecule has 0 saturated heterocycles. The first-order valence-corrected chi connectivity index (χ1v) is 18.5. The third kappa shape index (κ3) is 11.0. The lowest BCUT2D eigenvalue weighted by Gasteiger charge is -2.17. The number of hydrogen-bond donors (Lipinski definition) is 2. The summed E-state index contributed by atoms with van der Waals surface area (Å²) in [6.45, 7) is 1.33. The SMILES string of the molecule is O=C(N[C@@H](Cc1ccccc1)c1cn(Cc2cccc(Cn3cnc([C@H](Cc4ccccc4)NC(=O)OCc4ccccc4)c3)n2)cn1)OCc1ccccc1. The Morgan fingerprint density at radius 2 is 0.875 bits per heavy atom. The molecule has 11 nitrogen and oxygen atoms in total. The molecular formula is C45H43N7O4. The van der Waals surface area contributed by atoms with Crippen LogP contribution in [0.15, 0.2) is 165 Å². The van der Waals surface area contributed by atoms with Crippen LogP contribution in [0, 0.1) is 0 Å². The van der Waals surface area contributed by atoms with Gasteiger partial charge in [0.1, 0.15) is 13.2 Å².